The van der Waals surface area contributed by atoms with Gasteiger partial charge in [-0.1, -0.05) is 42.1 Å². The van der Waals surface area contributed by atoms with Crippen molar-refractivity contribution in [2.75, 3.05) is 19.1 Å². The number of nitrogens with two attached hydrogens (primary N) is 1. The number of ether oxygens (including phenoxy) is 1. The van der Waals surface area contributed by atoms with E-state index in [-0.39, 0.29) is 30.5 Å². The Bertz CT molecular complexity index is 1560. The summed E-state index contributed by atoms with van der Waals surface area (Å²) in [7, 11) is 3.34. The summed E-state index contributed by atoms with van der Waals surface area (Å²) in [4.78, 5) is 34.7. The lowest BCUT2D eigenvalue weighted by Gasteiger charge is -2.21. The van der Waals surface area contributed by atoms with Crippen LogP contribution >= 0.6 is 23.1 Å². The molecule has 0 saturated carbocycles. The molecule has 0 spiro atoms. The average molecular weight is 547 g/mol. The van der Waals surface area contributed by atoms with Crippen molar-refractivity contribution in [3.05, 3.63) is 71.1 Å². The molecule has 1 aliphatic heterocycles. The van der Waals surface area contributed by atoms with Gasteiger partial charge in [0.05, 0.1) is 29.8 Å². The molecule has 2 aromatic carbocycles. The SMILES string of the molecule is COc1ccccc1Sc1cn2c3c(cccc13)N(C)C(=O)[C@@H](NC(=O)C(N)=NC(=N)Cc1cccs1)C2. The predicted octanol–water partition coefficient (Wildman–Crippen LogP) is 3.90. The van der Waals surface area contributed by atoms with Crippen LogP contribution in [0.25, 0.3) is 10.9 Å². The number of nitrogens with one attached hydrogen (secondary N) is 2. The zero-order chi connectivity index (χ0) is 26.8. The van der Waals surface area contributed by atoms with E-state index >= 15 is 0 Å². The van der Waals surface area contributed by atoms with Crippen molar-refractivity contribution >= 4 is 63.2 Å². The lowest BCUT2D eigenvalue weighted by molar-refractivity contribution is -0.124. The van der Waals surface area contributed by atoms with Gasteiger partial charge in [0, 0.05) is 34.8 Å². The number of anilines is 1. The number of hydrogen-bond acceptors (Lipinski definition) is 6. The summed E-state index contributed by atoms with van der Waals surface area (Å²) in [5.74, 6) is -0.560. The van der Waals surface area contributed by atoms with Crippen LogP contribution in [0.5, 0.6) is 5.75 Å². The summed E-state index contributed by atoms with van der Waals surface area (Å²) in [6, 6.07) is 16.5. The number of amides is 2. The summed E-state index contributed by atoms with van der Waals surface area (Å²) < 4.78 is 7.51. The first-order valence-electron chi connectivity index (χ1n) is 11.8. The molecule has 0 fully saturated rings. The Balaban J connectivity index is 1.41. The minimum Gasteiger partial charge on any atom is -0.496 e. The number of methoxy groups -OCH3 is 1. The van der Waals surface area contributed by atoms with Gasteiger partial charge in [-0.15, -0.1) is 11.3 Å². The first-order chi connectivity index (χ1) is 18.4. The summed E-state index contributed by atoms with van der Waals surface area (Å²) in [5.41, 5.74) is 7.56. The van der Waals surface area contributed by atoms with E-state index in [4.69, 9.17) is 15.9 Å². The third kappa shape index (κ3) is 5.02. The van der Waals surface area contributed by atoms with Crippen molar-refractivity contribution < 1.29 is 14.3 Å². The molecule has 0 bridgehead atoms. The van der Waals surface area contributed by atoms with Crippen LogP contribution in [0.15, 0.2) is 81.0 Å². The molecule has 4 aromatic rings. The second-order valence-corrected chi connectivity index (χ2v) is 10.8. The van der Waals surface area contributed by atoms with E-state index < -0.39 is 11.9 Å². The second-order valence-electron chi connectivity index (χ2n) is 8.70. The number of hydrogen-bond donors (Lipinski definition) is 3. The molecular formula is C27H26N6O3S2. The monoisotopic (exact) mass is 546 g/mol. The van der Waals surface area contributed by atoms with Crippen molar-refractivity contribution in [1.29, 1.82) is 5.41 Å². The van der Waals surface area contributed by atoms with E-state index in [1.807, 2.05) is 70.7 Å². The molecule has 1 atom stereocenters. The van der Waals surface area contributed by atoms with Crippen LogP contribution in [0.4, 0.5) is 5.69 Å². The van der Waals surface area contributed by atoms with Crippen LogP contribution in [0.3, 0.4) is 0 Å². The lowest BCUT2D eigenvalue weighted by Crippen LogP contribution is -2.51. The van der Waals surface area contributed by atoms with E-state index in [2.05, 4.69) is 10.3 Å². The molecule has 38 heavy (non-hydrogen) atoms. The molecular weight excluding hydrogens is 520 g/mol. The third-order valence-corrected chi connectivity index (χ3v) is 8.19. The average Bonchev–Trinajstić information content (AvgIpc) is 3.53. The number of para-hydroxylation sites is 2. The normalized spacial score (nSPS) is 15.4. The highest BCUT2D eigenvalue weighted by Crippen LogP contribution is 2.42. The van der Waals surface area contributed by atoms with E-state index in [1.54, 1.807) is 30.8 Å². The summed E-state index contributed by atoms with van der Waals surface area (Å²) in [5, 5.41) is 13.7. The number of amidine groups is 2. The first kappa shape index (κ1) is 25.6. The number of carbonyl (C=O) groups excluding carboxylic acids is 2. The maximum absolute atomic E-state index is 13.4. The zero-order valence-electron chi connectivity index (χ0n) is 20.8. The highest BCUT2D eigenvalue weighted by Gasteiger charge is 2.32. The van der Waals surface area contributed by atoms with Crippen LogP contribution in [-0.4, -0.2) is 48.3 Å². The van der Waals surface area contributed by atoms with Gasteiger partial charge in [0.15, 0.2) is 5.84 Å². The highest BCUT2D eigenvalue weighted by molar-refractivity contribution is 7.99. The van der Waals surface area contributed by atoms with Gasteiger partial charge in [0.2, 0.25) is 0 Å². The van der Waals surface area contributed by atoms with Crippen LogP contribution in [0.1, 0.15) is 4.88 Å². The Morgan fingerprint density at radius 1 is 1.21 bits per heavy atom. The molecule has 11 heteroatoms. The fourth-order valence-corrected chi connectivity index (χ4v) is 6.21. The zero-order valence-corrected chi connectivity index (χ0v) is 22.4. The maximum atomic E-state index is 13.4. The topological polar surface area (TPSA) is 126 Å². The number of likely N-dealkylation sites (N-methyl/N-ethyl adjacent to an activating group) is 1. The molecule has 3 heterocycles. The summed E-state index contributed by atoms with van der Waals surface area (Å²) >= 11 is 3.08. The molecule has 0 aliphatic carbocycles. The molecule has 4 N–H and O–H groups in total. The van der Waals surface area contributed by atoms with Gasteiger partial charge in [-0.25, -0.2) is 4.99 Å². The van der Waals surface area contributed by atoms with E-state index in [1.165, 1.54) is 11.3 Å². The molecule has 5 rings (SSSR count). The Kier molecular flexibility index (Phi) is 7.21. The number of benzene rings is 2. The summed E-state index contributed by atoms with van der Waals surface area (Å²) in [6.45, 7) is 0.217. The van der Waals surface area contributed by atoms with Crippen molar-refractivity contribution in [2.45, 2.75) is 28.8 Å². The van der Waals surface area contributed by atoms with E-state index in [0.717, 1.165) is 37.0 Å². The van der Waals surface area contributed by atoms with Crippen molar-refractivity contribution in [1.82, 2.24) is 9.88 Å². The molecule has 2 aromatic heterocycles. The molecule has 1 aliphatic rings. The number of rotatable bonds is 6. The van der Waals surface area contributed by atoms with Gasteiger partial charge in [-0.05, 0) is 29.6 Å². The predicted molar refractivity (Wildman–Crippen MR) is 152 cm³/mol. The van der Waals surface area contributed by atoms with Gasteiger partial charge >= 0.3 is 0 Å². The van der Waals surface area contributed by atoms with Gasteiger partial charge in [0.25, 0.3) is 11.8 Å². The van der Waals surface area contributed by atoms with Crippen LogP contribution in [0, 0.1) is 5.41 Å². The quantitative estimate of drug-likeness (QED) is 0.250. The molecule has 194 valence electrons. The van der Waals surface area contributed by atoms with Crippen molar-refractivity contribution in [3.8, 4) is 5.75 Å². The fourth-order valence-electron chi connectivity index (χ4n) is 4.41. The largest absolute Gasteiger partial charge is 0.496 e. The minimum absolute atomic E-state index is 0.0260. The lowest BCUT2D eigenvalue weighted by atomic mass is 10.2. The van der Waals surface area contributed by atoms with Crippen LogP contribution in [0.2, 0.25) is 0 Å². The Morgan fingerprint density at radius 2 is 2.03 bits per heavy atom. The molecule has 0 unspecified atom stereocenters. The first-order valence-corrected chi connectivity index (χ1v) is 13.5. The van der Waals surface area contributed by atoms with E-state index in [0.29, 0.717) is 0 Å². The molecule has 2 amide bonds. The number of thiophene rings is 1. The van der Waals surface area contributed by atoms with Crippen molar-refractivity contribution in [3.63, 3.8) is 0 Å². The highest BCUT2D eigenvalue weighted by atomic mass is 32.2. The smallest absolute Gasteiger partial charge is 0.287 e. The number of aliphatic imine (C=N–C) groups is 1. The van der Waals surface area contributed by atoms with Crippen LogP contribution in [-0.2, 0) is 22.6 Å². The number of carbonyl (C=O) groups is 2. The van der Waals surface area contributed by atoms with Crippen molar-refractivity contribution in [2.24, 2.45) is 10.7 Å². The summed E-state index contributed by atoms with van der Waals surface area (Å²) in [6.07, 6.45) is 2.27. The molecule has 9 nitrogen and oxygen atoms in total. The minimum atomic E-state index is -0.875. The van der Waals surface area contributed by atoms with E-state index in [9.17, 15) is 9.59 Å². The van der Waals surface area contributed by atoms with Gasteiger partial charge in [-0.3, -0.25) is 15.0 Å². The third-order valence-electron chi connectivity index (χ3n) is 6.21. The molecule has 0 radical (unpaired) electrons. The van der Waals surface area contributed by atoms with Crippen LogP contribution < -0.4 is 20.7 Å². The van der Waals surface area contributed by atoms with Gasteiger partial charge in [-0.2, -0.15) is 0 Å². The Morgan fingerprint density at radius 3 is 2.79 bits per heavy atom. The fraction of sp³-hybridized carbons (Fsp3) is 0.185. The number of aromatic nitrogens is 1. The molecule has 0 saturated heterocycles. The van der Waals surface area contributed by atoms with Gasteiger partial charge in [0.1, 0.15) is 17.6 Å². The Hall–Kier alpha value is -4.09. The maximum Gasteiger partial charge on any atom is 0.287 e. The standard InChI is InChI=1S/C27H26N6O3S2/c1-32-19-9-5-8-17-22(38-21-11-4-3-10-20(21)36-2)15-33(24(17)19)14-18(27(32)35)30-26(34)25(29)31-23(28)13-16-7-6-12-37-16/h3-12,15,18H,13-14H2,1-2H3,(H,30,34)(H3,28,29,31)/t18-/m0/s1. The number of nitrogens with zero attached hydrogens (tertiary/aromatic N) is 3. The Labute approximate surface area is 227 Å². The second kappa shape index (κ2) is 10.7. The van der Waals surface area contributed by atoms with Gasteiger partial charge < -0.3 is 25.3 Å².